The standard InChI is InChI=1S/C11H15N3O5S/c12-9-4-1-5-10(11(9)14(16)17)20(18,19)13-6-2-3-8(15)7-13/h1,4-5,8,15H,2-3,6-7,12H2. The summed E-state index contributed by atoms with van der Waals surface area (Å²) in [5.74, 6) is 0. The summed E-state index contributed by atoms with van der Waals surface area (Å²) in [6.07, 6.45) is 0.278. The summed E-state index contributed by atoms with van der Waals surface area (Å²) < 4.78 is 26.0. The summed E-state index contributed by atoms with van der Waals surface area (Å²) in [6, 6.07) is 3.79. The number of β-amino-alcohol motifs (C(OH)–C–C–N with tert-alkyl or cyclic N) is 1. The number of hydrogen-bond acceptors (Lipinski definition) is 6. The van der Waals surface area contributed by atoms with E-state index in [4.69, 9.17) is 5.73 Å². The molecule has 0 bridgehead atoms. The molecular weight excluding hydrogens is 286 g/mol. The number of nitro groups is 1. The van der Waals surface area contributed by atoms with E-state index in [1.54, 1.807) is 0 Å². The molecule has 1 saturated heterocycles. The summed E-state index contributed by atoms with van der Waals surface area (Å²) in [5, 5.41) is 20.6. The largest absolute Gasteiger partial charge is 0.393 e. The molecule has 1 aromatic carbocycles. The summed E-state index contributed by atoms with van der Waals surface area (Å²) >= 11 is 0. The van der Waals surface area contributed by atoms with Crippen LogP contribution < -0.4 is 5.73 Å². The molecule has 1 unspecified atom stereocenters. The molecule has 2 rings (SSSR count). The second-order valence-electron chi connectivity index (χ2n) is 4.61. The lowest BCUT2D eigenvalue weighted by molar-refractivity contribution is -0.386. The minimum atomic E-state index is -4.04. The van der Waals surface area contributed by atoms with Crippen molar-refractivity contribution in [2.24, 2.45) is 0 Å². The molecule has 8 nitrogen and oxygen atoms in total. The smallest absolute Gasteiger partial charge is 0.312 e. The number of nitrogens with zero attached hydrogens (tertiary/aromatic N) is 2. The minimum Gasteiger partial charge on any atom is -0.393 e. The van der Waals surface area contributed by atoms with E-state index in [1.165, 1.54) is 12.1 Å². The van der Waals surface area contributed by atoms with E-state index in [1.807, 2.05) is 0 Å². The Morgan fingerprint density at radius 2 is 2.15 bits per heavy atom. The van der Waals surface area contributed by atoms with Gasteiger partial charge in [-0.05, 0) is 25.0 Å². The van der Waals surface area contributed by atoms with Crippen LogP contribution >= 0.6 is 0 Å². The molecule has 0 amide bonds. The zero-order valence-corrected chi connectivity index (χ0v) is 11.4. The maximum Gasteiger partial charge on any atom is 0.312 e. The number of nitrogens with two attached hydrogens (primary N) is 1. The second kappa shape index (κ2) is 5.35. The molecule has 1 heterocycles. The van der Waals surface area contributed by atoms with Crippen LogP contribution in [0.1, 0.15) is 12.8 Å². The zero-order valence-electron chi connectivity index (χ0n) is 10.6. The van der Waals surface area contributed by atoms with Crippen LogP contribution in [0.25, 0.3) is 0 Å². The number of aliphatic hydroxyl groups excluding tert-OH is 1. The Hall–Kier alpha value is -1.71. The number of para-hydroxylation sites is 1. The Bertz CT molecular complexity index is 631. The molecule has 9 heteroatoms. The summed E-state index contributed by atoms with van der Waals surface area (Å²) in [4.78, 5) is 9.79. The van der Waals surface area contributed by atoms with E-state index < -0.39 is 31.6 Å². The molecule has 1 atom stereocenters. The highest BCUT2D eigenvalue weighted by Gasteiger charge is 2.35. The van der Waals surface area contributed by atoms with Gasteiger partial charge >= 0.3 is 5.69 Å². The zero-order chi connectivity index (χ0) is 14.9. The first kappa shape index (κ1) is 14.7. The lowest BCUT2D eigenvalue weighted by atomic mass is 10.1. The second-order valence-corrected chi connectivity index (χ2v) is 6.52. The number of rotatable bonds is 3. The number of anilines is 1. The molecule has 110 valence electrons. The van der Waals surface area contributed by atoms with Gasteiger partial charge in [-0.3, -0.25) is 10.1 Å². The highest BCUT2D eigenvalue weighted by molar-refractivity contribution is 7.89. The summed E-state index contributed by atoms with van der Waals surface area (Å²) in [6.45, 7) is 0.166. The normalized spacial score (nSPS) is 20.8. The number of sulfonamides is 1. The Labute approximate surface area is 116 Å². The monoisotopic (exact) mass is 301 g/mol. The van der Waals surface area contributed by atoms with Gasteiger partial charge in [0, 0.05) is 13.1 Å². The van der Waals surface area contributed by atoms with Gasteiger partial charge in [0.1, 0.15) is 5.69 Å². The molecule has 1 aliphatic rings. The number of nitrogen functional groups attached to an aromatic ring is 1. The minimum absolute atomic E-state index is 0.0612. The number of nitro benzene ring substituents is 1. The maximum absolute atomic E-state index is 12.5. The molecule has 0 radical (unpaired) electrons. The molecule has 0 aliphatic carbocycles. The van der Waals surface area contributed by atoms with Crippen LogP contribution in [-0.4, -0.2) is 41.9 Å². The molecule has 0 spiro atoms. The van der Waals surface area contributed by atoms with Crippen molar-refractivity contribution >= 4 is 21.4 Å². The molecule has 0 saturated carbocycles. The Balaban J connectivity index is 2.49. The van der Waals surface area contributed by atoms with Crippen LogP contribution in [0.15, 0.2) is 23.1 Å². The van der Waals surface area contributed by atoms with Crippen molar-refractivity contribution in [2.45, 2.75) is 23.8 Å². The highest BCUT2D eigenvalue weighted by Crippen LogP contribution is 2.32. The SMILES string of the molecule is Nc1cccc(S(=O)(=O)N2CCCC(O)C2)c1[N+](=O)[O-]. The molecule has 1 aliphatic heterocycles. The topological polar surface area (TPSA) is 127 Å². The van der Waals surface area contributed by atoms with Crippen LogP contribution in [0.4, 0.5) is 11.4 Å². The average molecular weight is 301 g/mol. The van der Waals surface area contributed by atoms with Gasteiger partial charge in [0.15, 0.2) is 4.90 Å². The van der Waals surface area contributed by atoms with Crippen molar-refractivity contribution < 1.29 is 18.4 Å². The molecular formula is C11H15N3O5S. The maximum atomic E-state index is 12.5. The molecule has 3 N–H and O–H groups in total. The van der Waals surface area contributed by atoms with E-state index >= 15 is 0 Å². The van der Waals surface area contributed by atoms with Crippen molar-refractivity contribution in [3.8, 4) is 0 Å². The van der Waals surface area contributed by atoms with Crippen LogP contribution in [0.5, 0.6) is 0 Å². The number of benzene rings is 1. The van der Waals surface area contributed by atoms with Crippen molar-refractivity contribution in [3.05, 3.63) is 28.3 Å². The third-order valence-corrected chi connectivity index (χ3v) is 5.09. The number of aliphatic hydroxyl groups is 1. The van der Waals surface area contributed by atoms with Crippen molar-refractivity contribution in [1.29, 1.82) is 0 Å². The summed E-state index contributed by atoms with van der Waals surface area (Å²) in [5.41, 5.74) is 4.68. The van der Waals surface area contributed by atoms with Crippen LogP contribution in [0.3, 0.4) is 0 Å². The predicted octanol–water partition coefficient (Wildman–Crippen LogP) is 0.322. The fourth-order valence-electron chi connectivity index (χ4n) is 2.22. The van der Waals surface area contributed by atoms with Gasteiger partial charge in [0.05, 0.1) is 11.0 Å². The van der Waals surface area contributed by atoms with Gasteiger partial charge in [-0.2, -0.15) is 4.31 Å². The van der Waals surface area contributed by atoms with Crippen LogP contribution in [0.2, 0.25) is 0 Å². The Kier molecular flexibility index (Phi) is 3.93. The molecule has 1 aromatic rings. The Morgan fingerprint density at radius 3 is 2.75 bits per heavy atom. The van der Waals surface area contributed by atoms with E-state index in [-0.39, 0.29) is 18.8 Å². The van der Waals surface area contributed by atoms with Gasteiger partial charge in [-0.25, -0.2) is 8.42 Å². The van der Waals surface area contributed by atoms with Gasteiger partial charge in [0.25, 0.3) is 0 Å². The Morgan fingerprint density at radius 1 is 1.45 bits per heavy atom. The quantitative estimate of drug-likeness (QED) is 0.470. The van der Waals surface area contributed by atoms with E-state index in [9.17, 15) is 23.6 Å². The number of piperidine rings is 1. The van der Waals surface area contributed by atoms with Crippen LogP contribution in [0, 0.1) is 10.1 Å². The molecule has 20 heavy (non-hydrogen) atoms. The first-order chi connectivity index (χ1) is 9.34. The first-order valence-corrected chi connectivity index (χ1v) is 7.49. The number of hydrogen-bond donors (Lipinski definition) is 2. The van der Waals surface area contributed by atoms with Crippen molar-refractivity contribution in [2.75, 3.05) is 18.8 Å². The van der Waals surface area contributed by atoms with Crippen LogP contribution in [-0.2, 0) is 10.0 Å². The van der Waals surface area contributed by atoms with Gasteiger partial charge in [-0.15, -0.1) is 0 Å². The van der Waals surface area contributed by atoms with E-state index in [0.29, 0.717) is 12.8 Å². The van der Waals surface area contributed by atoms with E-state index in [0.717, 1.165) is 10.4 Å². The fraction of sp³-hybridized carbons (Fsp3) is 0.455. The van der Waals surface area contributed by atoms with Gasteiger partial charge < -0.3 is 10.8 Å². The molecule has 1 fully saturated rings. The van der Waals surface area contributed by atoms with Gasteiger partial charge in [0.2, 0.25) is 10.0 Å². The fourth-order valence-corrected chi connectivity index (χ4v) is 3.92. The van der Waals surface area contributed by atoms with Crippen molar-refractivity contribution in [3.63, 3.8) is 0 Å². The average Bonchev–Trinajstić information content (AvgIpc) is 2.38. The predicted molar refractivity (Wildman–Crippen MR) is 71.5 cm³/mol. The third-order valence-electron chi connectivity index (χ3n) is 3.19. The highest BCUT2D eigenvalue weighted by atomic mass is 32.2. The van der Waals surface area contributed by atoms with E-state index in [2.05, 4.69) is 0 Å². The first-order valence-electron chi connectivity index (χ1n) is 6.05. The third kappa shape index (κ3) is 2.60. The van der Waals surface area contributed by atoms with Gasteiger partial charge in [-0.1, -0.05) is 6.07 Å². The van der Waals surface area contributed by atoms with Crippen molar-refractivity contribution in [1.82, 2.24) is 4.31 Å². The summed E-state index contributed by atoms with van der Waals surface area (Å²) in [7, 11) is -4.04. The lowest BCUT2D eigenvalue weighted by Crippen LogP contribution is -2.42. The molecule has 0 aromatic heterocycles. The lowest BCUT2D eigenvalue weighted by Gasteiger charge is -2.29.